The molecule has 1 aliphatic heterocycles. The van der Waals surface area contributed by atoms with Crippen LogP contribution < -0.4 is 5.32 Å². The Morgan fingerprint density at radius 3 is 2.82 bits per heavy atom. The number of aromatic nitrogens is 3. The van der Waals surface area contributed by atoms with Gasteiger partial charge in [0.1, 0.15) is 0 Å². The van der Waals surface area contributed by atoms with Crippen molar-refractivity contribution in [1.29, 1.82) is 0 Å². The van der Waals surface area contributed by atoms with Crippen LogP contribution >= 0.6 is 11.3 Å². The average Bonchev–Trinajstić information content (AvgIpc) is 3.68. The zero-order valence-electron chi connectivity index (χ0n) is 20.6. The monoisotopic (exact) mass is 525 g/mol. The number of likely N-dealkylation sites (tertiary alicyclic amines) is 1. The molecule has 1 saturated heterocycles. The number of carbonyl (C=O) groups is 2. The van der Waals surface area contributed by atoms with Crippen LogP contribution in [-0.4, -0.2) is 38.0 Å². The first-order chi connectivity index (χ1) is 18.5. The summed E-state index contributed by atoms with van der Waals surface area (Å²) in [7, 11) is 1.75. The maximum absolute atomic E-state index is 15.0. The highest BCUT2D eigenvalue weighted by molar-refractivity contribution is 7.13. The second kappa shape index (κ2) is 9.83. The van der Waals surface area contributed by atoms with Gasteiger partial charge < -0.3 is 10.2 Å². The second-order valence-corrected chi connectivity index (χ2v) is 10.4. The van der Waals surface area contributed by atoms with Crippen molar-refractivity contribution in [3.05, 3.63) is 101 Å². The van der Waals surface area contributed by atoms with E-state index >= 15 is 4.39 Å². The highest BCUT2D eigenvalue weighted by Crippen LogP contribution is 2.37. The lowest BCUT2D eigenvalue weighted by atomic mass is 9.98. The lowest BCUT2D eigenvalue weighted by Crippen LogP contribution is -2.30. The first kappa shape index (κ1) is 24.0. The second-order valence-electron chi connectivity index (χ2n) is 9.37. The molecule has 0 radical (unpaired) electrons. The van der Waals surface area contributed by atoms with E-state index < -0.39 is 5.13 Å². The van der Waals surface area contributed by atoms with E-state index in [1.165, 1.54) is 6.20 Å². The molecule has 1 N–H and O–H groups in total. The summed E-state index contributed by atoms with van der Waals surface area (Å²) in [6.07, 6.45) is 8.44. The summed E-state index contributed by atoms with van der Waals surface area (Å²) in [6.45, 7) is 0.660. The average molecular weight is 526 g/mol. The number of nitrogens with one attached hydrogen (secondary N) is 1. The number of hydrogen-bond donors (Lipinski definition) is 1. The van der Waals surface area contributed by atoms with Crippen molar-refractivity contribution in [2.45, 2.75) is 18.9 Å². The summed E-state index contributed by atoms with van der Waals surface area (Å²) in [6, 6.07) is 16.7. The third kappa shape index (κ3) is 4.56. The molecule has 1 atom stereocenters. The van der Waals surface area contributed by atoms with E-state index in [-0.39, 0.29) is 22.7 Å². The van der Waals surface area contributed by atoms with E-state index in [4.69, 9.17) is 0 Å². The number of halogens is 1. The minimum absolute atomic E-state index is 0.0207. The molecule has 0 aliphatic carbocycles. The molecular weight excluding hydrogens is 501 g/mol. The fraction of sp³-hybridized carbons (Fsp3) is 0.172. The molecule has 7 nitrogen and oxygen atoms in total. The van der Waals surface area contributed by atoms with Crippen LogP contribution in [0, 0.1) is 5.13 Å². The van der Waals surface area contributed by atoms with E-state index in [9.17, 15) is 9.59 Å². The van der Waals surface area contributed by atoms with Gasteiger partial charge in [-0.2, -0.15) is 9.49 Å². The number of amides is 2. The SMILES string of the molecule is Cn1cc(NC(=O)c2cc(-c3cccc(C4CCCN4C(=O)c4ccc5cnccc5c4)c3)c(F)s2)cn1. The van der Waals surface area contributed by atoms with Crippen molar-refractivity contribution in [2.75, 3.05) is 11.9 Å². The fourth-order valence-electron chi connectivity index (χ4n) is 5.01. The number of aryl methyl sites for hydroxylation is 1. The molecule has 5 aromatic rings. The molecule has 0 bridgehead atoms. The maximum Gasteiger partial charge on any atom is 0.265 e. The Hall–Kier alpha value is -4.37. The van der Waals surface area contributed by atoms with Crippen molar-refractivity contribution in [2.24, 2.45) is 7.05 Å². The van der Waals surface area contributed by atoms with E-state index in [1.54, 1.807) is 36.4 Å². The number of carbonyl (C=O) groups excluding carboxylic acids is 2. The Kier molecular flexibility index (Phi) is 6.21. The molecule has 2 aromatic carbocycles. The number of fused-ring (bicyclic) bond motifs is 1. The predicted molar refractivity (Wildman–Crippen MR) is 146 cm³/mol. The minimum Gasteiger partial charge on any atom is -0.332 e. The number of rotatable bonds is 5. The van der Waals surface area contributed by atoms with Gasteiger partial charge >= 0.3 is 0 Å². The molecule has 0 saturated carbocycles. The van der Waals surface area contributed by atoms with Crippen LogP contribution in [0.4, 0.5) is 10.1 Å². The number of hydrogen-bond acceptors (Lipinski definition) is 5. The van der Waals surface area contributed by atoms with Crippen molar-refractivity contribution < 1.29 is 14.0 Å². The third-order valence-electron chi connectivity index (χ3n) is 6.86. The normalized spacial score (nSPS) is 15.2. The molecule has 6 rings (SSSR count). The third-order valence-corrected chi connectivity index (χ3v) is 7.78. The Morgan fingerprint density at radius 1 is 1.08 bits per heavy atom. The van der Waals surface area contributed by atoms with Crippen LogP contribution in [0.25, 0.3) is 21.9 Å². The zero-order valence-corrected chi connectivity index (χ0v) is 21.4. The molecule has 1 fully saturated rings. The Bertz CT molecular complexity index is 1680. The van der Waals surface area contributed by atoms with Gasteiger partial charge in [-0.25, -0.2) is 0 Å². The first-order valence-electron chi connectivity index (χ1n) is 12.3. The maximum atomic E-state index is 15.0. The van der Waals surface area contributed by atoms with Gasteiger partial charge in [-0.3, -0.25) is 19.3 Å². The van der Waals surface area contributed by atoms with E-state index in [0.29, 0.717) is 28.9 Å². The highest BCUT2D eigenvalue weighted by atomic mass is 32.1. The smallest absolute Gasteiger partial charge is 0.265 e. The topological polar surface area (TPSA) is 80.1 Å². The lowest BCUT2D eigenvalue weighted by Gasteiger charge is -2.26. The zero-order chi connectivity index (χ0) is 26.2. The predicted octanol–water partition coefficient (Wildman–Crippen LogP) is 6.07. The van der Waals surface area contributed by atoms with Crippen molar-refractivity contribution in [1.82, 2.24) is 19.7 Å². The molecule has 0 spiro atoms. The van der Waals surface area contributed by atoms with Crippen LogP contribution in [0.5, 0.6) is 0 Å². The summed E-state index contributed by atoms with van der Waals surface area (Å²) >= 11 is 0.810. The summed E-state index contributed by atoms with van der Waals surface area (Å²) < 4.78 is 16.6. The lowest BCUT2D eigenvalue weighted by molar-refractivity contribution is 0.0735. The van der Waals surface area contributed by atoms with Crippen molar-refractivity contribution in [3.8, 4) is 11.1 Å². The van der Waals surface area contributed by atoms with Gasteiger partial charge in [0.25, 0.3) is 11.8 Å². The molecule has 38 heavy (non-hydrogen) atoms. The molecule has 1 unspecified atom stereocenters. The minimum atomic E-state index is -0.427. The van der Waals surface area contributed by atoms with Crippen LogP contribution in [0.1, 0.15) is 44.5 Å². The Morgan fingerprint density at radius 2 is 1.97 bits per heavy atom. The quantitative estimate of drug-likeness (QED) is 0.302. The molecule has 3 aromatic heterocycles. The summed E-state index contributed by atoms with van der Waals surface area (Å²) in [5, 5.41) is 8.31. The Labute approximate surface area is 222 Å². The molecule has 9 heteroatoms. The number of thiophene rings is 1. The number of pyridine rings is 1. The van der Waals surface area contributed by atoms with Gasteiger partial charge in [0, 0.05) is 48.7 Å². The number of benzene rings is 2. The molecular formula is C29H24FN5O2S. The number of nitrogens with zero attached hydrogens (tertiary/aromatic N) is 4. The fourth-order valence-corrected chi connectivity index (χ4v) is 5.81. The van der Waals surface area contributed by atoms with E-state index in [1.807, 2.05) is 53.4 Å². The van der Waals surface area contributed by atoms with E-state index in [2.05, 4.69) is 15.4 Å². The summed E-state index contributed by atoms with van der Waals surface area (Å²) in [5.74, 6) is -0.407. The van der Waals surface area contributed by atoms with Crippen LogP contribution in [0.15, 0.2) is 79.4 Å². The van der Waals surface area contributed by atoms with Gasteiger partial charge in [0.15, 0.2) is 5.13 Å². The van der Waals surface area contributed by atoms with Gasteiger partial charge in [0.2, 0.25) is 0 Å². The van der Waals surface area contributed by atoms with Crippen molar-refractivity contribution >= 4 is 39.6 Å². The van der Waals surface area contributed by atoms with Crippen LogP contribution in [-0.2, 0) is 7.05 Å². The van der Waals surface area contributed by atoms with Crippen LogP contribution in [0.3, 0.4) is 0 Å². The Balaban J connectivity index is 1.25. The first-order valence-corrected chi connectivity index (χ1v) is 13.1. The number of anilines is 1. The highest BCUT2D eigenvalue weighted by Gasteiger charge is 2.31. The van der Waals surface area contributed by atoms with Gasteiger partial charge in [-0.15, -0.1) is 11.3 Å². The van der Waals surface area contributed by atoms with Crippen molar-refractivity contribution in [3.63, 3.8) is 0 Å². The standard InChI is InChI=1S/C29H24FN5O2S/c1-34-17-23(16-32-34)33-28(36)26-14-24(27(30)38-26)19-4-2-5-20(13-19)25-6-3-11-35(25)29(37)21-7-8-22-15-31-10-9-18(22)12-21/h2,4-5,7-10,12-17,25H,3,6,11H2,1H3,(H,33,36). The molecule has 190 valence electrons. The molecule has 2 amide bonds. The molecule has 1 aliphatic rings. The largest absolute Gasteiger partial charge is 0.332 e. The van der Waals surface area contributed by atoms with Gasteiger partial charge in [-0.05, 0) is 59.7 Å². The van der Waals surface area contributed by atoms with Gasteiger partial charge in [0.05, 0.1) is 22.8 Å². The molecule has 4 heterocycles. The van der Waals surface area contributed by atoms with Gasteiger partial charge in [-0.1, -0.05) is 24.3 Å². The van der Waals surface area contributed by atoms with E-state index in [0.717, 1.165) is 40.5 Å². The summed E-state index contributed by atoms with van der Waals surface area (Å²) in [4.78, 5) is 32.5. The summed E-state index contributed by atoms with van der Waals surface area (Å²) in [5.41, 5.74) is 3.18. The van der Waals surface area contributed by atoms with Crippen LogP contribution in [0.2, 0.25) is 0 Å².